The van der Waals surface area contributed by atoms with Crippen molar-refractivity contribution in [3.05, 3.63) is 24.3 Å². The number of ether oxygens (including phenoxy) is 1. The van der Waals surface area contributed by atoms with Crippen molar-refractivity contribution in [1.29, 1.82) is 0 Å². The second-order valence-electron chi connectivity index (χ2n) is 2.61. The molecule has 0 saturated heterocycles. The summed E-state index contributed by atoms with van der Waals surface area (Å²) in [4.78, 5) is 10.9. The van der Waals surface area contributed by atoms with E-state index in [1.54, 1.807) is 6.08 Å². The highest BCUT2D eigenvalue weighted by Gasteiger charge is 1.99. The summed E-state index contributed by atoms with van der Waals surface area (Å²) < 4.78 is 4.52. The minimum Gasteiger partial charge on any atom is -0.466 e. The van der Waals surface area contributed by atoms with Crippen molar-refractivity contribution >= 4 is 17.6 Å². The highest BCUT2D eigenvalue weighted by molar-refractivity contribution is 6.17. The first-order valence-corrected chi connectivity index (χ1v) is 4.72. The number of esters is 1. The third-order valence-corrected chi connectivity index (χ3v) is 1.83. The lowest BCUT2D eigenvalue weighted by atomic mass is 10.1. The van der Waals surface area contributed by atoms with E-state index in [1.165, 1.54) is 13.2 Å². The summed E-state index contributed by atoms with van der Waals surface area (Å²) in [6.45, 7) is 3.62. The van der Waals surface area contributed by atoms with Crippen molar-refractivity contribution in [3.63, 3.8) is 0 Å². The van der Waals surface area contributed by atoms with E-state index < -0.39 is 0 Å². The molecule has 0 rings (SSSR count). The average Bonchev–Trinajstić information content (AvgIpc) is 2.14. The van der Waals surface area contributed by atoms with Gasteiger partial charge in [0.05, 0.1) is 7.11 Å². The van der Waals surface area contributed by atoms with E-state index in [0.717, 1.165) is 18.4 Å². The van der Waals surface area contributed by atoms with Crippen molar-refractivity contribution in [3.8, 4) is 0 Å². The van der Waals surface area contributed by atoms with Crippen LogP contribution in [0.15, 0.2) is 24.3 Å². The molecule has 74 valence electrons. The molecule has 0 aromatic rings. The molecule has 0 aromatic carbocycles. The fourth-order valence-corrected chi connectivity index (χ4v) is 1.07. The zero-order valence-corrected chi connectivity index (χ0v) is 8.64. The Hall–Kier alpha value is -0.760. The van der Waals surface area contributed by atoms with Crippen molar-refractivity contribution in [2.24, 2.45) is 0 Å². The van der Waals surface area contributed by atoms with Gasteiger partial charge in [0.15, 0.2) is 0 Å². The van der Waals surface area contributed by atoms with E-state index in [9.17, 15) is 4.79 Å². The summed E-state index contributed by atoms with van der Waals surface area (Å²) in [5, 5.41) is 0. The predicted molar refractivity (Wildman–Crippen MR) is 54.9 cm³/mol. The third-order valence-electron chi connectivity index (χ3n) is 1.56. The van der Waals surface area contributed by atoms with Crippen LogP contribution in [0.5, 0.6) is 0 Å². The van der Waals surface area contributed by atoms with Crippen LogP contribution in [0, 0.1) is 0 Å². The van der Waals surface area contributed by atoms with Crippen LogP contribution in [-0.2, 0) is 9.53 Å². The van der Waals surface area contributed by atoms with Crippen molar-refractivity contribution in [2.75, 3.05) is 13.0 Å². The van der Waals surface area contributed by atoms with Gasteiger partial charge in [0.1, 0.15) is 0 Å². The first kappa shape index (κ1) is 12.2. The molecule has 13 heavy (non-hydrogen) atoms. The van der Waals surface area contributed by atoms with Gasteiger partial charge in [-0.3, -0.25) is 0 Å². The molecule has 0 atom stereocenters. The Labute approximate surface area is 84.2 Å². The van der Waals surface area contributed by atoms with Crippen LogP contribution < -0.4 is 0 Å². The first-order valence-electron chi connectivity index (χ1n) is 4.18. The van der Waals surface area contributed by atoms with Gasteiger partial charge in [-0.25, -0.2) is 4.79 Å². The molecule has 0 aliphatic carbocycles. The van der Waals surface area contributed by atoms with Crippen LogP contribution in [0.3, 0.4) is 0 Å². The normalized spacial score (nSPS) is 11.1. The Kier molecular flexibility index (Phi) is 7.41. The molecule has 0 heterocycles. The lowest BCUT2D eigenvalue weighted by Crippen LogP contribution is -1.97. The summed E-state index contributed by atoms with van der Waals surface area (Å²) in [6.07, 6.45) is 5.69. The quantitative estimate of drug-likeness (QED) is 0.287. The molecule has 0 unspecified atom stereocenters. The molecule has 0 aliphatic rings. The van der Waals surface area contributed by atoms with E-state index in [-0.39, 0.29) is 5.97 Å². The van der Waals surface area contributed by atoms with E-state index in [1.807, 2.05) is 0 Å². The average molecular weight is 203 g/mol. The smallest absolute Gasteiger partial charge is 0.330 e. The van der Waals surface area contributed by atoms with Crippen LogP contribution in [0.1, 0.15) is 19.3 Å². The molecular formula is C10H15ClO2. The van der Waals surface area contributed by atoms with Gasteiger partial charge in [-0.2, -0.15) is 0 Å². The SMILES string of the molecule is C=CC/C(=C\C(=O)OC)CCCCl. The summed E-state index contributed by atoms with van der Waals surface area (Å²) in [5.74, 6) is 0.293. The highest BCUT2D eigenvalue weighted by Crippen LogP contribution is 2.11. The number of carbonyl (C=O) groups excluding carboxylic acids is 1. The molecule has 0 amide bonds. The number of hydrogen-bond donors (Lipinski definition) is 0. The Balaban J connectivity index is 4.12. The minimum atomic E-state index is -0.313. The topological polar surface area (TPSA) is 26.3 Å². The Morgan fingerprint density at radius 1 is 1.62 bits per heavy atom. The molecule has 0 saturated carbocycles. The third kappa shape index (κ3) is 6.41. The molecule has 3 heteroatoms. The fourth-order valence-electron chi connectivity index (χ4n) is 0.938. The maximum absolute atomic E-state index is 10.9. The van der Waals surface area contributed by atoms with Gasteiger partial charge in [0, 0.05) is 12.0 Å². The molecule has 2 nitrogen and oxygen atoms in total. The van der Waals surface area contributed by atoms with Crippen LogP contribution in [-0.4, -0.2) is 19.0 Å². The number of alkyl halides is 1. The first-order chi connectivity index (χ1) is 6.24. The van der Waals surface area contributed by atoms with Crippen LogP contribution in [0.4, 0.5) is 0 Å². The van der Waals surface area contributed by atoms with Crippen molar-refractivity contribution < 1.29 is 9.53 Å². The zero-order chi connectivity index (χ0) is 10.1. The lowest BCUT2D eigenvalue weighted by molar-refractivity contribution is -0.134. The summed E-state index contributed by atoms with van der Waals surface area (Å²) in [7, 11) is 1.37. The largest absolute Gasteiger partial charge is 0.466 e. The van der Waals surface area contributed by atoms with Gasteiger partial charge in [0.2, 0.25) is 0 Å². The molecular weight excluding hydrogens is 188 g/mol. The molecule has 0 aliphatic heterocycles. The van der Waals surface area contributed by atoms with E-state index in [0.29, 0.717) is 12.3 Å². The summed E-state index contributed by atoms with van der Waals surface area (Å²) in [5.41, 5.74) is 1.02. The van der Waals surface area contributed by atoms with Gasteiger partial charge in [0.25, 0.3) is 0 Å². The zero-order valence-electron chi connectivity index (χ0n) is 7.88. The molecule has 0 aromatic heterocycles. The monoisotopic (exact) mass is 202 g/mol. The number of methoxy groups -OCH3 is 1. The van der Waals surface area contributed by atoms with Gasteiger partial charge in [-0.15, -0.1) is 18.2 Å². The molecule has 0 radical (unpaired) electrons. The fraction of sp³-hybridized carbons (Fsp3) is 0.500. The van der Waals surface area contributed by atoms with Gasteiger partial charge in [-0.05, 0) is 19.3 Å². The van der Waals surface area contributed by atoms with Crippen LogP contribution in [0.25, 0.3) is 0 Å². The summed E-state index contributed by atoms with van der Waals surface area (Å²) in [6, 6.07) is 0. The summed E-state index contributed by atoms with van der Waals surface area (Å²) >= 11 is 5.55. The second-order valence-corrected chi connectivity index (χ2v) is 2.99. The predicted octanol–water partition coefficient (Wildman–Crippen LogP) is 2.68. The Morgan fingerprint density at radius 2 is 2.31 bits per heavy atom. The number of allylic oxidation sites excluding steroid dienone is 2. The maximum Gasteiger partial charge on any atom is 0.330 e. The Bertz CT molecular complexity index is 197. The standard InChI is InChI=1S/C10H15ClO2/c1-3-5-9(6-4-7-11)8-10(12)13-2/h3,8H,1,4-7H2,2H3/b9-8+. The number of halogens is 1. The van der Waals surface area contributed by atoms with Gasteiger partial charge >= 0.3 is 5.97 Å². The van der Waals surface area contributed by atoms with Gasteiger partial charge in [-0.1, -0.05) is 11.6 Å². The van der Waals surface area contributed by atoms with Gasteiger partial charge < -0.3 is 4.74 Å². The molecule has 0 fully saturated rings. The van der Waals surface area contributed by atoms with Crippen molar-refractivity contribution in [2.45, 2.75) is 19.3 Å². The van der Waals surface area contributed by atoms with E-state index in [2.05, 4.69) is 11.3 Å². The van der Waals surface area contributed by atoms with E-state index in [4.69, 9.17) is 11.6 Å². The lowest BCUT2D eigenvalue weighted by Gasteiger charge is -2.02. The Morgan fingerprint density at radius 3 is 2.77 bits per heavy atom. The second kappa shape index (κ2) is 7.87. The number of carbonyl (C=O) groups is 1. The minimum absolute atomic E-state index is 0.313. The molecule has 0 bridgehead atoms. The van der Waals surface area contributed by atoms with Crippen molar-refractivity contribution in [1.82, 2.24) is 0 Å². The molecule has 0 spiro atoms. The highest BCUT2D eigenvalue weighted by atomic mass is 35.5. The van der Waals surface area contributed by atoms with Crippen LogP contribution >= 0.6 is 11.6 Å². The van der Waals surface area contributed by atoms with Crippen LogP contribution in [0.2, 0.25) is 0 Å². The van der Waals surface area contributed by atoms with E-state index >= 15 is 0 Å². The number of rotatable bonds is 6. The maximum atomic E-state index is 10.9. The molecule has 0 N–H and O–H groups in total. The number of hydrogen-bond acceptors (Lipinski definition) is 2.